The summed E-state index contributed by atoms with van der Waals surface area (Å²) >= 11 is 0. The normalized spacial score (nSPS) is 10.2. The smallest absolute Gasteiger partial charge is 0.126 e. The van der Waals surface area contributed by atoms with Crippen molar-refractivity contribution in [3.05, 3.63) is 47.5 Å². The molecule has 2 N–H and O–H groups in total. The molecule has 0 aliphatic heterocycles. The third-order valence-electron chi connectivity index (χ3n) is 3.23. The lowest BCUT2D eigenvalue weighted by molar-refractivity contribution is 0.391. The maximum absolute atomic E-state index is 6.02. The summed E-state index contributed by atoms with van der Waals surface area (Å²) in [4.78, 5) is 0. The second-order valence-corrected chi connectivity index (χ2v) is 4.42. The molecule has 2 rings (SSSR count). The van der Waals surface area contributed by atoms with E-state index < -0.39 is 0 Å². The Morgan fingerprint density at radius 3 is 2.10 bits per heavy atom. The third kappa shape index (κ3) is 2.96. The molecule has 0 aromatic heterocycles. The number of hydrogen-bond acceptors (Lipinski definition) is 4. The van der Waals surface area contributed by atoms with E-state index in [1.165, 1.54) is 0 Å². The number of nitrogens with two attached hydrogens (primary N) is 1. The van der Waals surface area contributed by atoms with Crippen LogP contribution in [0.15, 0.2) is 36.4 Å². The Bertz CT molecular complexity index is 596. The summed E-state index contributed by atoms with van der Waals surface area (Å²) in [5.41, 5.74) is 8.81. The Hall–Kier alpha value is -2.36. The molecule has 2 aromatic rings. The van der Waals surface area contributed by atoms with Gasteiger partial charge in [-0.3, -0.25) is 0 Å². The van der Waals surface area contributed by atoms with Gasteiger partial charge in [-0.25, -0.2) is 0 Å². The van der Waals surface area contributed by atoms with Crippen LogP contribution in [0.1, 0.15) is 11.1 Å². The summed E-state index contributed by atoms with van der Waals surface area (Å²) in [5, 5.41) is 0. The molecule has 0 atom stereocenters. The molecular formula is C16H19NO3. The zero-order valence-electron chi connectivity index (χ0n) is 12.0. The SMILES string of the molecule is COc1ccc(N)c(Cc2ccc(OC)cc2OC)c1. The van der Waals surface area contributed by atoms with E-state index in [1.807, 2.05) is 36.4 Å². The highest BCUT2D eigenvalue weighted by atomic mass is 16.5. The maximum Gasteiger partial charge on any atom is 0.126 e. The summed E-state index contributed by atoms with van der Waals surface area (Å²) in [7, 11) is 4.92. The van der Waals surface area contributed by atoms with Crippen molar-refractivity contribution in [3.63, 3.8) is 0 Å². The second-order valence-electron chi connectivity index (χ2n) is 4.42. The molecule has 0 spiro atoms. The van der Waals surface area contributed by atoms with E-state index in [2.05, 4.69) is 0 Å². The highest BCUT2D eigenvalue weighted by Gasteiger charge is 2.09. The van der Waals surface area contributed by atoms with Crippen molar-refractivity contribution in [2.75, 3.05) is 27.1 Å². The van der Waals surface area contributed by atoms with Gasteiger partial charge >= 0.3 is 0 Å². The van der Waals surface area contributed by atoms with Crippen LogP contribution >= 0.6 is 0 Å². The van der Waals surface area contributed by atoms with Gasteiger partial charge in [0.05, 0.1) is 21.3 Å². The molecule has 0 unspecified atom stereocenters. The molecule has 4 nitrogen and oxygen atoms in total. The van der Waals surface area contributed by atoms with Gasteiger partial charge in [-0.2, -0.15) is 0 Å². The van der Waals surface area contributed by atoms with Gasteiger partial charge in [0.25, 0.3) is 0 Å². The van der Waals surface area contributed by atoms with Gasteiger partial charge in [-0.15, -0.1) is 0 Å². The fourth-order valence-electron chi connectivity index (χ4n) is 2.07. The van der Waals surface area contributed by atoms with Gasteiger partial charge in [0.2, 0.25) is 0 Å². The van der Waals surface area contributed by atoms with Crippen LogP contribution in [-0.4, -0.2) is 21.3 Å². The van der Waals surface area contributed by atoms with Crippen LogP contribution < -0.4 is 19.9 Å². The molecule has 0 fully saturated rings. The minimum Gasteiger partial charge on any atom is -0.497 e. The van der Waals surface area contributed by atoms with Gasteiger partial charge in [0, 0.05) is 18.2 Å². The summed E-state index contributed by atoms with van der Waals surface area (Å²) in [6.45, 7) is 0. The number of benzene rings is 2. The number of ether oxygens (including phenoxy) is 3. The van der Waals surface area contributed by atoms with Crippen LogP contribution in [0, 0.1) is 0 Å². The van der Waals surface area contributed by atoms with Crippen LogP contribution in [0.4, 0.5) is 5.69 Å². The van der Waals surface area contributed by atoms with Gasteiger partial charge in [0.1, 0.15) is 17.2 Å². The molecule has 2 aromatic carbocycles. The van der Waals surface area contributed by atoms with E-state index in [0.717, 1.165) is 34.1 Å². The van der Waals surface area contributed by atoms with E-state index in [0.29, 0.717) is 6.42 Å². The zero-order chi connectivity index (χ0) is 14.5. The van der Waals surface area contributed by atoms with E-state index in [9.17, 15) is 0 Å². The summed E-state index contributed by atoms with van der Waals surface area (Å²) < 4.78 is 15.8. The lowest BCUT2D eigenvalue weighted by Crippen LogP contribution is -1.99. The fourth-order valence-corrected chi connectivity index (χ4v) is 2.07. The van der Waals surface area contributed by atoms with Crippen molar-refractivity contribution in [3.8, 4) is 17.2 Å². The van der Waals surface area contributed by atoms with Crippen LogP contribution in [-0.2, 0) is 6.42 Å². The molecule has 0 saturated carbocycles. The summed E-state index contributed by atoms with van der Waals surface area (Å²) in [6, 6.07) is 11.4. The molecule has 0 bridgehead atoms. The average molecular weight is 273 g/mol. The van der Waals surface area contributed by atoms with Crippen LogP contribution in [0.25, 0.3) is 0 Å². The Morgan fingerprint density at radius 2 is 1.45 bits per heavy atom. The van der Waals surface area contributed by atoms with Crippen molar-refractivity contribution in [1.29, 1.82) is 0 Å². The standard InChI is InChI=1S/C16H19NO3/c1-18-13-6-7-15(17)12(9-13)8-11-4-5-14(19-2)10-16(11)20-3/h4-7,9-10H,8,17H2,1-3H3. The first-order valence-corrected chi connectivity index (χ1v) is 6.31. The molecule has 4 heteroatoms. The number of methoxy groups -OCH3 is 3. The first-order chi connectivity index (χ1) is 9.67. The molecule has 0 saturated heterocycles. The van der Waals surface area contributed by atoms with Crippen LogP contribution in [0.3, 0.4) is 0 Å². The lowest BCUT2D eigenvalue weighted by atomic mass is 10.0. The highest BCUT2D eigenvalue weighted by molar-refractivity contribution is 5.54. The molecule has 0 aliphatic carbocycles. The van der Waals surface area contributed by atoms with Gasteiger partial charge in [0.15, 0.2) is 0 Å². The molecular weight excluding hydrogens is 254 g/mol. The fraction of sp³-hybridized carbons (Fsp3) is 0.250. The molecule has 0 heterocycles. The Morgan fingerprint density at radius 1 is 0.800 bits per heavy atom. The number of anilines is 1. The molecule has 106 valence electrons. The third-order valence-corrected chi connectivity index (χ3v) is 3.23. The first-order valence-electron chi connectivity index (χ1n) is 6.31. The van der Waals surface area contributed by atoms with E-state index >= 15 is 0 Å². The largest absolute Gasteiger partial charge is 0.497 e. The predicted molar refractivity (Wildman–Crippen MR) is 79.8 cm³/mol. The Kier molecular flexibility index (Phi) is 4.35. The van der Waals surface area contributed by atoms with Gasteiger partial charge < -0.3 is 19.9 Å². The van der Waals surface area contributed by atoms with Crippen molar-refractivity contribution < 1.29 is 14.2 Å². The maximum atomic E-state index is 6.02. The van der Waals surface area contributed by atoms with Crippen molar-refractivity contribution in [2.24, 2.45) is 0 Å². The molecule has 0 radical (unpaired) electrons. The van der Waals surface area contributed by atoms with Gasteiger partial charge in [-0.1, -0.05) is 6.07 Å². The van der Waals surface area contributed by atoms with E-state index in [1.54, 1.807) is 21.3 Å². The van der Waals surface area contributed by atoms with Gasteiger partial charge in [-0.05, 0) is 35.4 Å². The van der Waals surface area contributed by atoms with Crippen molar-refractivity contribution in [1.82, 2.24) is 0 Å². The molecule has 20 heavy (non-hydrogen) atoms. The minimum atomic E-state index is 0.677. The summed E-state index contributed by atoms with van der Waals surface area (Å²) in [5.74, 6) is 2.34. The zero-order valence-corrected chi connectivity index (χ0v) is 12.0. The van der Waals surface area contributed by atoms with Crippen LogP contribution in [0.2, 0.25) is 0 Å². The summed E-state index contributed by atoms with van der Waals surface area (Å²) in [6.07, 6.45) is 0.677. The van der Waals surface area contributed by atoms with Crippen molar-refractivity contribution in [2.45, 2.75) is 6.42 Å². The number of hydrogen-bond donors (Lipinski definition) is 1. The number of nitrogen functional groups attached to an aromatic ring is 1. The quantitative estimate of drug-likeness (QED) is 0.851. The number of rotatable bonds is 5. The highest BCUT2D eigenvalue weighted by Crippen LogP contribution is 2.29. The van der Waals surface area contributed by atoms with E-state index in [4.69, 9.17) is 19.9 Å². The first kappa shape index (κ1) is 14.1. The predicted octanol–water partition coefficient (Wildman–Crippen LogP) is 2.89. The minimum absolute atomic E-state index is 0.677. The second kappa shape index (κ2) is 6.19. The molecule has 0 amide bonds. The molecule has 0 aliphatic rings. The lowest BCUT2D eigenvalue weighted by Gasteiger charge is -2.12. The topological polar surface area (TPSA) is 53.7 Å². The van der Waals surface area contributed by atoms with Crippen molar-refractivity contribution >= 4 is 5.69 Å². The Balaban J connectivity index is 2.34. The Labute approximate surface area is 119 Å². The monoisotopic (exact) mass is 273 g/mol. The average Bonchev–Trinajstić information content (AvgIpc) is 2.49. The van der Waals surface area contributed by atoms with Crippen LogP contribution in [0.5, 0.6) is 17.2 Å². The van der Waals surface area contributed by atoms with E-state index in [-0.39, 0.29) is 0 Å².